The molecule has 7 heteroatoms. The number of benzene rings is 2. The van der Waals surface area contributed by atoms with E-state index >= 15 is 0 Å². The standard InChI is InChI=1S/C24H31N3O4/c1-16-13-25-17(2)15-31-21-12-19(26-23(28)18-8-6-5-7-9-18)10-11-20(21)24(29)27(3)14-22(16)30-4/h5-12,16-17,22,25H,13-15H2,1-4H3,(H,26,28)/t16-,17-,22-/m1/s1. The molecule has 0 unspecified atom stereocenters. The average molecular weight is 426 g/mol. The Morgan fingerprint density at radius 3 is 2.65 bits per heavy atom. The predicted molar refractivity (Wildman–Crippen MR) is 121 cm³/mol. The molecule has 2 amide bonds. The van der Waals surface area contributed by atoms with Crippen LogP contribution in [-0.4, -0.2) is 62.7 Å². The zero-order chi connectivity index (χ0) is 22.4. The van der Waals surface area contributed by atoms with Gasteiger partial charge in [0, 0.05) is 50.6 Å². The second-order valence-electron chi connectivity index (χ2n) is 8.09. The van der Waals surface area contributed by atoms with Crippen molar-refractivity contribution in [1.82, 2.24) is 10.2 Å². The van der Waals surface area contributed by atoms with E-state index in [4.69, 9.17) is 9.47 Å². The third-order valence-electron chi connectivity index (χ3n) is 5.52. The van der Waals surface area contributed by atoms with Crippen molar-refractivity contribution in [2.24, 2.45) is 5.92 Å². The van der Waals surface area contributed by atoms with Gasteiger partial charge in [-0.15, -0.1) is 0 Å². The lowest BCUT2D eigenvalue weighted by molar-refractivity contribution is 0.0281. The van der Waals surface area contributed by atoms with E-state index in [1.807, 2.05) is 25.1 Å². The Bertz CT molecular complexity index is 903. The third-order valence-corrected chi connectivity index (χ3v) is 5.52. The van der Waals surface area contributed by atoms with E-state index in [1.54, 1.807) is 49.4 Å². The predicted octanol–water partition coefficient (Wildman–Crippen LogP) is 3.03. The van der Waals surface area contributed by atoms with Crippen LogP contribution in [0.1, 0.15) is 34.6 Å². The van der Waals surface area contributed by atoms with E-state index in [-0.39, 0.29) is 29.9 Å². The highest BCUT2D eigenvalue weighted by atomic mass is 16.5. The number of likely N-dealkylation sites (N-methyl/N-ethyl adjacent to an activating group) is 1. The summed E-state index contributed by atoms with van der Waals surface area (Å²) >= 11 is 0. The maximum atomic E-state index is 13.1. The summed E-state index contributed by atoms with van der Waals surface area (Å²) in [5.74, 6) is 0.312. The summed E-state index contributed by atoms with van der Waals surface area (Å²) in [7, 11) is 3.44. The number of fused-ring (bicyclic) bond motifs is 1. The average Bonchev–Trinajstić information content (AvgIpc) is 2.79. The number of anilines is 1. The van der Waals surface area contributed by atoms with E-state index in [2.05, 4.69) is 17.6 Å². The molecule has 0 bridgehead atoms. The molecule has 3 atom stereocenters. The van der Waals surface area contributed by atoms with Crippen molar-refractivity contribution in [3.63, 3.8) is 0 Å². The highest BCUT2D eigenvalue weighted by Crippen LogP contribution is 2.26. The molecule has 0 radical (unpaired) electrons. The van der Waals surface area contributed by atoms with Crippen molar-refractivity contribution in [1.29, 1.82) is 0 Å². The molecule has 1 aliphatic heterocycles. The lowest BCUT2D eigenvalue weighted by Crippen LogP contribution is -2.44. The third kappa shape index (κ3) is 5.83. The summed E-state index contributed by atoms with van der Waals surface area (Å²) in [6.07, 6.45) is -0.0816. The highest BCUT2D eigenvalue weighted by Gasteiger charge is 2.25. The van der Waals surface area contributed by atoms with Gasteiger partial charge in [-0.1, -0.05) is 25.1 Å². The fourth-order valence-corrected chi connectivity index (χ4v) is 3.53. The second kappa shape index (κ2) is 10.4. The number of hydrogen-bond donors (Lipinski definition) is 2. The monoisotopic (exact) mass is 425 g/mol. The number of rotatable bonds is 3. The number of nitrogens with zero attached hydrogens (tertiary/aromatic N) is 1. The van der Waals surface area contributed by atoms with Crippen molar-refractivity contribution < 1.29 is 19.1 Å². The Morgan fingerprint density at radius 2 is 1.94 bits per heavy atom. The topological polar surface area (TPSA) is 79.9 Å². The molecule has 3 rings (SSSR count). The number of carbonyl (C=O) groups excluding carboxylic acids is 2. The molecule has 2 N–H and O–H groups in total. The van der Waals surface area contributed by atoms with Crippen LogP contribution in [0.25, 0.3) is 0 Å². The molecule has 0 aromatic heterocycles. The summed E-state index contributed by atoms with van der Waals surface area (Å²) in [6, 6.07) is 14.2. The molecule has 2 aromatic carbocycles. The lowest BCUT2D eigenvalue weighted by Gasteiger charge is -2.30. The molecule has 0 saturated carbocycles. The van der Waals surface area contributed by atoms with Crippen molar-refractivity contribution in [3.05, 3.63) is 59.7 Å². The minimum atomic E-state index is -0.218. The van der Waals surface area contributed by atoms with Gasteiger partial charge in [0.2, 0.25) is 0 Å². The number of ether oxygens (including phenoxy) is 2. The maximum Gasteiger partial charge on any atom is 0.257 e. The summed E-state index contributed by atoms with van der Waals surface area (Å²) in [6.45, 7) is 5.76. The normalized spacial score (nSPS) is 22.5. The maximum absolute atomic E-state index is 13.1. The van der Waals surface area contributed by atoms with Gasteiger partial charge in [-0.3, -0.25) is 9.59 Å². The molecule has 0 aliphatic carbocycles. The van der Waals surface area contributed by atoms with Crippen LogP contribution in [0.3, 0.4) is 0 Å². The van der Waals surface area contributed by atoms with Crippen LogP contribution in [0, 0.1) is 5.92 Å². The minimum Gasteiger partial charge on any atom is -0.491 e. The Labute approximate surface area is 183 Å². The van der Waals surface area contributed by atoms with Gasteiger partial charge >= 0.3 is 0 Å². The molecule has 166 valence electrons. The van der Waals surface area contributed by atoms with E-state index < -0.39 is 0 Å². The van der Waals surface area contributed by atoms with Gasteiger partial charge in [-0.2, -0.15) is 0 Å². The van der Waals surface area contributed by atoms with Crippen LogP contribution in [0.2, 0.25) is 0 Å². The van der Waals surface area contributed by atoms with Crippen LogP contribution in [0.5, 0.6) is 5.75 Å². The largest absolute Gasteiger partial charge is 0.491 e. The summed E-state index contributed by atoms with van der Waals surface area (Å²) < 4.78 is 11.7. The molecule has 1 heterocycles. The first-order chi connectivity index (χ1) is 14.9. The molecule has 2 aromatic rings. The fraction of sp³-hybridized carbons (Fsp3) is 0.417. The van der Waals surface area contributed by atoms with E-state index in [0.29, 0.717) is 35.7 Å². The first-order valence-electron chi connectivity index (χ1n) is 10.5. The van der Waals surface area contributed by atoms with Crippen LogP contribution in [0.15, 0.2) is 48.5 Å². The van der Waals surface area contributed by atoms with Crippen LogP contribution in [-0.2, 0) is 4.74 Å². The van der Waals surface area contributed by atoms with Gasteiger partial charge < -0.3 is 25.0 Å². The Kier molecular flexibility index (Phi) is 7.65. The number of methoxy groups -OCH3 is 1. The molecule has 0 saturated heterocycles. The fourth-order valence-electron chi connectivity index (χ4n) is 3.53. The SMILES string of the molecule is CO[C@@H]1CN(C)C(=O)c2ccc(NC(=O)c3ccccc3)cc2OC[C@@H](C)NC[C@H]1C. The zero-order valence-corrected chi connectivity index (χ0v) is 18.6. The van der Waals surface area contributed by atoms with Crippen molar-refractivity contribution in [2.75, 3.05) is 39.2 Å². The van der Waals surface area contributed by atoms with Crippen LogP contribution in [0.4, 0.5) is 5.69 Å². The van der Waals surface area contributed by atoms with E-state index in [1.165, 1.54) is 0 Å². The number of carbonyl (C=O) groups is 2. The van der Waals surface area contributed by atoms with Gasteiger partial charge in [0.05, 0.1) is 11.7 Å². The molecular formula is C24H31N3O4. The van der Waals surface area contributed by atoms with Crippen LogP contribution < -0.4 is 15.4 Å². The summed E-state index contributed by atoms with van der Waals surface area (Å²) in [5.41, 5.74) is 1.58. The van der Waals surface area contributed by atoms with E-state index in [0.717, 1.165) is 6.54 Å². The Hall–Kier alpha value is -2.90. The molecule has 7 nitrogen and oxygen atoms in total. The van der Waals surface area contributed by atoms with Gasteiger partial charge in [0.25, 0.3) is 11.8 Å². The molecule has 1 aliphatic rings. The number of nitrogens with one attached hydrogen (secondary N) is 2. The molecular weight excluding hydrogens is 394 g/mol. The van der Waals surface area contributed by atoms with Crippen molar-refractivity contribution >= 4 is 17.5 Å². The molecule has 31 heavy (non-hydrogen) atoms. The van der Waals surface area contributed by atoms with Gasteiger partial charge in [0.15, 0.2) is 0 Å². The van der Waals surface area contributed by atoms with E-state index in [9.17, 15) is 9.59 Å². The first kappa shape index (κ1) is 22.8. The highest BCUT2D eigenvalue weighted by molar-refractivity contribution is 6.05. The number of amides is 2. The Balaban J connectivity index is 1.87. The first-order valence-corrected chi connectivity index (χ1v) is 10.5. The van der Waals surface area contributed by atoms with Gasteiger partial charge in [-0.25, -0.2) is 0 Å². The quantitative estimate of drug-likeness (QED) is 0.790. The zero-order valence-electron chi connectivity index (χ0n) is 18.6. The van der Waals surface area contributed by atoms with Gasteiger partial charge in [-0.05, 0) is 37.1 Å². The molecule has 0 spiro atoms. The van der Waals surface area contributed by atoms with Crippen molar-refractivity contribution in [3.8, 4) is 5.75 Å². The Morgan fingerprint density at radius 1 is 1.19 bits per heavy atom. The lowest BCUT2D eigenvalue weighted by atomic mass is 10.0. The molecule has 0 fully saturated rings. The van der Waals surface area contributed by atoms with Gasteiger partial charge in [0.1, 0.15) is 12.4 Å². The second-order valence-corrected chi connectivity index (χ2v) is 8.09. The summed E-state index contributed by atoms with van der Waals surface area (Å²) in [4.78, 5) is 27.3. The minimum absolute atomic E-state index is 0.0816. The van der Waals surface area contributed by atoms with Crippen molar-refractivity contribution in [2.45, 2.75) is 26.0 Å². The smallest absolute Gasteiger partial charge is 0.257 e. The summed E-state index contributed by atoms with van der Waals surface area (Å²) in [5, 5.41) is 6.34. The number of hydrogen-bond acceptors (Lipinski definition) is 5. The van der Waals surface area contributed by atoms with Crippen LogP contribution >= 0.6 is 0 Å².